The molecule has 0 saturated carbocycles. The Morgan fingerprint density at radius 2 is 1.75 bits per heavy atom. The van der Waals surface area contributed by atoms with Crippen molar-refractivity contribution in [3.8, 4) is 5.75 Å². The highest BCUT2D eigenvalue weighted by Crippen LogP contribution is 2.29. The number of hydrogen-bond acceptors (Lipinski definition) is 3. The Balaban J connectivity index is 2.20. The van der Waals surface area contributed by atoms with E-state index in [1.165, 1.54) is 24.3 Å². The molecule has 2 aromatic carbocycles. The van der Waals surface area contributed by atoms with Crippen molar-refractivity contribution in [3.63, 3.8) is 0 Å². The number of halogens is 4. The molecule has 0 amide bonds. The molecular weight excluding hydrogens is 367 g/mol. The van der Waals surface area contributed by atoms with Crippen LogP contribution in [0.1, 0.15) is 18.5 Å². The van der Waals surface area contributed by atoms with Gasteiger partial charge >= 0.3 is 6.61 Å². The maximum atomic E-state index is 12.9. The van der Waals surface area contributed by atoms with Crippen LogP contribution in [0.2, 0.25) is 5.02 Å². The van der Waals surface area contributed by atoms with Crippen LogP contribution in [0, 0.1) is 5.82 Å². The minimum absolute atomic E-state index is 0.205. The summed E-state index contributed by atoms with van der Waals surface area (Å²) in [6.07, 6.45) is 0. The first-order valence-corrected chi connectivity index (χ1v) is 8.57. The predicted octanol–water partition coefficient (Wildman–Crippen LogP) is 4.12. The monoisotopic (exact) mass is 379 g/mol. The second-order valence-electron chi connectivity index (χ2n) is 4.87. The standard InChI is InChI=1S/C15H13ClF3NO3S/c1-9(10-2-4-11(17)5-3-10)20-24(21,22)12-6-7-14(13(16)8-12)23-15(18)19/h2-9,15,20H,1H3. The quantitative estimate of drug-likeness (QED) is 0.821. The first-order valence-electron chi connectivity index (χ1n) is 6.71. The maximum Gasteiger partial charge on any atom is 0.387 e. The summed E-state index contributed by atoms with van der Waals surface area (Å²) < 4.78 is 68.5. The number of sulfonamides is 1. The molecule has 1 unspecified atom stereocenters. The lowest BCUT2D eigenvalue weighted by atomic mass is 10.1. The zero-order valence-corrected chi connectivity index (χ0v) is 13.9. The van der Waals surface area contributed by atoms with Gasteiger partial charge in [-0.2, -0.15) is 8.78 Å². The molecule has 0 heterocycles. The van der Waals surface area contributed by atoms with Crippen LogP contribution in [0.25, 0.3) is 0 Å². The minimum Gasteiger partial charge on any atom is -0.433 e. The predicted molar refractivity (Wildman–Crippen MR) is 83.2 cm³/mol. The Kier molecular flexibility index (Phi) is 5.74. The van der Waals surface area contributed by atoms with Crippen LogP contribution in [0.4, 0.5) is 13.2 Å². The van der Waals surface area contributed by atoms with Gasteiger partial charge in [0.05, 0.1) is 9.92 Å². The Hall–Kier alpha value is -1.77. The van der Waals surface area contributed by atoms with Crippen LogP contribution in [0.3, 0.4) is 0 Å². The van der Waals surface area contributed by atoms with Gasteiger partial charge in [0.1, 0.15) is 11.6 Å². The molecule has 0 saturated heterocycles. The van der Waals surface area contributed by atoms with Crippen LogP contribution < -0.4 is 9.46 Å². The Labute approximate surface area is 142 Å². The summed E-state index contributed by atoms with van der Waals surface area (Å²) in [5.41, 5.74) is 0.559. The SMILES string of the molecule is CC(NS(=O)(=O)c1ccc(OC(F)F)c(Cl)c1)c1ccc(F)cc1. The summed E-state index contributed by atoms with van der Waals surface area (Å²) in [5.74, 6) is -0.757. The van der Waals surface area contributed by atoms with Crippen molar-refractivity contribution in [2.75, 3.05) is 0 Å². The fourth-order valence-electron chi connectivity index (χ4n) is 1.96. The Morgan fingerprint density at radius 1 is 1.12 bits per heavy atom. The summed E-state index contributed by atoms with van der Waals surface area (Å²) >= 11 is 5.76. The lowest BCUT2D eigenvalue weighted by Crippen LogP contribution is -2.26. The van der Waals surface area contributed by atoms with Gasteiger partial charge in [-0.1, -0.05) is 23.7 Å². The fourth-order valence-corrected chi connectivity index (χ4v) is 3.51. The smallest absolute Gasteiger partial charge is 0.387 e. The first-order chi connectivity index (χ1) is 11.2. The molecule has 4 nitrogen and oxygen atoms in total. The maximum absolute atomic E-state index is 12.9. The highest BCUT2D eigenvalue weighted by Gasteiger charge is 2.20. The molecular formula is C15H13ClF3NO3S. The number of ether oxygens (including phenoxy) is 1. The van der Waals surface area contributed by atoms with E-state index in [1.807, 2.05) is 0 Å². The van der Waals surface area contributed by atoms with Crippen molar-refractivity contribution in [3.05, 3.63) is 58.9 Å². The van der Waals surface area contributed by atoms with E-state index in [4.69, 9.17) is 11.6 Å². The summed E-state index contributed by atoms with van der Waals surface area (Å²) in [7, 11) is -3.96. The molecule has 2 aromatic rings. The van der Waals surface area contributed by atoms with Gasteiger partial charge in [-0.05, 0) is 42.8 Å². The van der Waals surface area contributed by atoms with Gasteiger partial charge in [-0.15, -0.1) is 0 Å². The average molecular weight is 380 g/mol. The Bertz CT molecular complexity index is 813. The van der Waals surface area contributed by atoms with Gasteiger partial charge in [-0.3, -0.25) is 0 Å². The molecule has 0 aliphatic rings. The molecule has 0 spiro atoms. The molecule has 24 heavy (non-hydrogen) atoms. The van der Waals surface area contributed by atoms with E-state index >= 15 is 0 Å². The molecule has 0 radical (unpaired) electrons. The zero-order chi connectivity index (χ0) is 17.9. The topological polar surface area (TPSA) is 55.4 Å². The molecule has 2 rings (SSSR count). The van der Waals surface area contributed by atoms with Crippen LogP contribution in [-0.4, -0.2) is 15.0 Å². The van der Waals surface area contributed by atoms with Gasteiger partial charge < -0.3 is 4.74 Å². The zero-order valence-electron chi connectivity index (χ0n) is 12.3. The number of nitrogens with one attached hydrogen (secondary N) is 1. The lowest BCUT2D eigenvalue weighted by molar-refractivity contribution is -0.0498. The summed E-state index contributed by atoms with van der Waals surface area (Å²) in [5, 5.41) is -0.257. The van der Waals surface area contributed by atoms with Gasteiger partial charge in [0, 0.05) is 6.04 Å². The van der Waals surface area contributed by atoms with Gasteiger partial charge in [-0.25, -0.2) is 17.5 Å². The summed E-state index contributed by atoms with van der Waals surface area (Å²) in [4.78, 5) is -0.205. The van der Waals surface area contributed by atoms with Crippen molar-refractivity contribution in [2.45, 2.75) is 24.5 Å². The molecule has 0 aliphatic heterocycles. The van der Waals surface area contributed by atoms with Gasteiger partial charge in [0.2, 0.25) is 10.0 Å². The van der Waals surface area contributed by atoms with Crippen LogP contribution >= 0.6 is 11.6 Å². The van der Waals surface area contributed by atoms with Gasteiger partial charge in [0.15, 0.2) is 0 Å². The first kappa shape index (κ1) is 18.6. The number of rotatable bonds is 6. The van der Waals surface area contributed by atoms with E-state index in [0.29, 0.717) is 5.56 Å². The molecule has 1 atom stereocenters. The second-order valence-corrected chi connectivity index (χ2v) is 6.99. The fraction of sp³-hybridized carbons (Fsp3) is 0.200. The van der Waals surface area contributed by atoms with E-state index < -0.39 is 28.5 Å². The summed E-state index contributed by atoms with van der Waals surface area (Å²) in [6.45, 7) is -1.48. The average Bonchev–Trinajstić information content (AvgIpc) is 2.49. The van der Waals surface area contributed by atoms with Crippen LogP contribution in [-0.2, 0) is 10.0 Å². The van der Waals surface area contributed by atoms with E-state index in [9.17, 15) is 21.6 Å². The normalized spacial score (nSPS) is 13.1. The Morgan fingerprint density at radius 3 is 2.29 bits per heavy atom. The van der Waals surface area contributed by atoms with Gasteiger partial charge in [0.25, 0.3) is 0 Å². The molecule has 0 fully saturated rings. The second kappa shape index (κ2) is 7.42. The van der Waals surface area contributed by atoms with Crippen LogP contribution in [0.5, 0.6) is 5.75 Å². The number of benzene rings is 2. The third kappa shape index (κ3) is 4.62. The number of alkyl halides is 2. The van der Waals surface area contributed by atoms with Crippen molar-refractivity contribution in [1.29, 1.82) is 0 Å². The third-order valence-electron chi connectivity index (χ3n) is 3.13. The highest BCUT2D eigenvalue weighted by atomic mass is 35.5. The van der Waals surface area contributed by atoms with E-state index in [0.717, 1.165) is 18.2 Å². The highest BCUT2D eigenvalue weighted by molar-refractivity contribution is 7.89. The van der Waals surface area contributed by atoms with E-state index in [1.54, 1.807) is 6.92 Å². The molecule has 9 heteroatoms. The molecule has 0 aliphatic carbocycles. The molecule has 0 bridgehead atoms. The minimum atomic E-state index is -3.96. The third-order valence-corrected chi connectivity index (χ3v) is 4.97. The molecule has 1 N–H and O–H groups in total. The molecule has 0 aromatic heterocycles. The lowest BCUT2D eigenvalue weighted by Gasteiger charge is -2.15. The number of hydrogen-bond donors (Lipinski definition) is 1. The van der Waals surface area contributed by atoms with Crippen molar-refractivity contribution in [2.24, 2.45) is 0 Å². The summed E-state index contributed by atoms with van der Waals surface area (Å²) in [6, 6.07) is 7.87. The van der Waals surface area contributed by atoms with Crippen molar-refractivity contribution in [1.82, 2.24) is 4.72 Å². The largest absolute Gasteiger partial charge is 0.433 e. The molecule has 130 valence electrons. The van der Waals surface area contributed by atoms with Crippen molar-refractivity contribution < 1.29 is 26.3 Å². The van der Waals surface area contributed by atoms with Crippen molar-refractivity contribution >= 4 is 21.6 Å². The van der Waals surface area contributed by atoms with E-state index in [-0.39, 0.29) is 15.7 Å². The van der Waals surface area contributed by atoms with Crippen LogP contribution in [0.15, 0.2) is 47.4 Å². The van der Waals surface area contributed by atoms with E-state index in [2.05, 4.69) is 9.46 Å².